The zero-order valence-corrected chi connectivity index (χ0v) is 8.52. The highest BCUT2D eigenvalue weighted by Gasteiger charge is 2.08. The van der Waals surface area contributed by atoms with Gasteiger partial charge in [0.25, 0.3) is 0 Å². The Bertz CT molecular complexity index is 451. The minimum atomic E-state index is -0.984. The van der Waals surface area contributed by atoms with E-state index in [2.05, 4.69) is 15.2 Å². The molecule has 2 rings (SSSR count). The summed E-state index contributed by atoms with van der Waals surface area (Å²) in [5.74, 6) is -0.984. The van der Waals surface area contributed by atoms with Crippen LogP contribution in [0.25, 0.3) is 0 Å². The van der Waals surface area contributed by atoms with Crippen LogP contribution in [0.5, 0.6) is 0 Å². The third-order valence-corrected chi connectivity index (χ3v) is 2.73. The van der Waals surface area contributed by atoms with Crippen LogP contribution in [0.1, 0.15) is 15.5 Å². The third kappa shape index (κ3) is 2.38. The van der Waals surface area contributed by atoms with Gasteiger partial charge in [0, 0.05) is 18.3 Å². The van der Waals surface area contributed by atoms with E-state index in [0.29, 0.717) is 13.0 Å². The molecular formula is C8H8N4O2S. The molecule has 0 amide bonds. The average Bonchev–Trinajstić information content (AvgIpc) is 2.86. The van der Waals surface area contributed by atoms with Gasteiger partial charge in [-0.3, -0.25) is 0 Å². The van der Waals surface area contributed by atoms with Gasteiger partial charge in [-0.1, -0.05) is 0 Å². The minimum absolute atomic E-state index is 0.110. The van der Waals surface area contributed by atoms with Gasteiger partial charge in [0.1, 0.15) is 12.7 Å². The molecule has 0 fully saturated rings. The number of hydrogen-bond donors (Lipinski definition) is 1. The van der Waals surface area contributed by atoms with Gasteiger partial charge < -0.3 is 9.67 Å². The van der Waals surface area contributed by atoms with Crippen LogP contribution in [0.3, 0.4) is 0 Å². The van der Waals surface area contributed by atoms with E-state index >= 15 is 0 Å². The second-order valence-electron chi connectivity index (χ2n) is 2.88. The molecule has 2 aromatic heterocycles. The molecule has 0 spiro atoms. The van der Waals surface area contributed by atoms with Crippen LogP contribution in [0, 0.1) is 0 Å². The molecule has 0 aliphatic heterocycles. The van der Waals surface area contributed by atoms with Crippen LogP contribution in [0.15, 0.2) is 18.0 Å². The first kappa shape index (κ1) is 9.78. The molecule has 2 heterocycles. The Balaban J connectivity index is 1.96. The Hall–Kier alpha value is -1.76. The number of carbonyl (C=O) groups is 1. The molecule has 1 N–H and O–H groups in total. The Kier molecular flexibility index (Phi) is 2.72. The monoisotopic (exact) mass is 224 g/mol. The molecular weight excluding hydrogens is 216 g/mol. The molecule has 0 unspecified atom stereocenters. The summed E-state index contributed by atoms with van der Waals surface area (Å²) in [5, 5.41) is 18.4. The van der Waals surface area contributed by atoms with Gasteiger partial charge in [0.2, 0.25) is 0 Å². The molecule has 0 atom stereocenters. The van der Waals surface area contributed by atoms with Crippen molar-refractivity contribution in [3.63, 3.8) is 0 Å². The fraction of sp³-hybridized carbons (Fsp3) is 0.250. The number of nitrogens with zero attached hydrogens (tertiary/aromatic N) is 4. The summed E-state index contributed by atoms with van der Waals surface area (Å²) in [6, 6.07) is 0. The van der Waals surface area contributed by atoms with Crippen molar-refractivity contribution in [2.24, 2.45) is 0 Å². The van der Waals surface area contributed by atoms with Gasteiger partial charge in [-0.15, -0.1) is 21.5 Å². The number of aromatic carboxylic acids is 1. The lowest BCUT2D eigenvalue weighted by Gasteiger charge is -1.96. The maximum absolute atomic E-state index is 10.6. The molecule has 2 aromatic rings. The molecule has 0 saturated heterocycles. The first-order valence-corrected chi connectivity index (χ1v) is 5.14. The Morgan fingerprint density at radius 1 is 1.47 bits per heavy atom. The van der Waals surface area contributed by atoms with Crippen LogP contribution in [0.2, 0.25) is 0 Å². The lowest BCUT2D eigenvalue weighted by molar-refractivity contribution is 0.0691. The summed E-state index contributed by atoms with van der Waals surface area (Å²) in [7, 11) is 0. The number of aromatic nitrogens is 4. The van der Waals surface area contributed by atoms with E-state index in [1.165, 1.54) is 11.3 Å². The fourth-order valence-corrected chi connectivity index (χ4v) is 1.85. The summed E-state index contributed by atoms with van der Waals surface area (Å²) in [4.78, 5) is 14.5. The highest BCUT2D eigenvalue weighted by Crippen LogP contribution is 2.10. The van der Waals surface area contributed by atoms with E-state index in [9.17, 15) is 4.79 Å². The normalized spacial score (nSPS) is 10.4. The molecule has 0 aliphatic rings. The molecule has 0 radical (unpaired) electrons. The van der Waals surface area contributed by atoms with Crippen molar-refractivity contribution in [1.29, 1.82) is 0 Å². The average molecular weight is 224 g/mol. The molecule has 0 aromatic carbocycles. The summed E-state index contributed by atoms with van der Waals surface area (Å²) in [6.07, 6.45) is 3.92. The van der Waals surface area contributed by atoms with Crippen molar-refractivity contribution in [1.82, 2.24) is 19.7 Å². The molecule has 78 valence electrons. The van der Waals surface area contributed by atoms with E-state index in [1.807, 2.05) is 4.57 Å². The standard InChI is InChI=1S/C8H8N4O2S/c13-8(14)6-3-15-7(11-6)1-2-12-4-9-10-5-12/h3-5H,1-2H2,(H,13,14). The van der Waals surface area contributed by atoms with Crippen LogP contribution in [-0.2, 0) is 13.0 Å². The Labute approximate surface area is 89.2 Å². The first-order chi connectivity index (χ1) is 7.25. The zero-order valence-electron chi connectivity index (χ0n) is 7.70. The maximum Gasteiger partial charge on any atom is 0.355 e. The zero-order chi connectivity index (χ0) is 10.7. The van der Waals surface area contributed by atoms with Crippen LogP contribution in [0.4, 0.5) is 0 Å². The highest BCUT2D eigenvalue weighted by atomic mass is 32.1. The number of aryl methyl sites for hydroxylation is 2. The number of carboxylic acid groups (broad SMARTS) is 1. The quantitative estimate of drug-likeness (QED) is 0.825. The number of carboxylic acids is 1. The fourth-order valence-electron chi connectivity index (χ4n) is 1.09. The van der Waals surface area contributed by atoms with E-state index in [4.69, 9.17) is 5.11 Å². The second-order valence-corrected chi connectivity index (χ2v) is 3.82. The topological polar surface area (TPSA) is 80.9 Å². The van der Waals surface area contributed by atoms with Crippen molar-refractivity contribution in [3.05, 3.63) is 28.7 Å². The third-order valence-electron chi connectivity index (χ3n) is 1.82. The molecule has 6 nitrogen and oxygen atoms in total. The van der Waals surface area contributed by atoms with Gasteiger partial charge in [-0.2, -0.15) is 0 Å². The van der Waals surface area contributed by atoms with Crippen LogP contribution >= 0.6 is 11.3 Å². The molecule has 15 heavy (non-hydrogen) atoms. The van der Waals surface area contributed by atoms with Crippen molar-refractivity contribution in [3.8, 4) is 0 Å². The van der Waals surface area contributed by atoms with Gasteiger partial charge >= 0.3 is 5.97 Å². The van der Waals surface area contributed by atoms with E-state index in [1.54, 1.807) is 18.0 Å². The summed E-state index contributed by atoms with van der Waals surface area (Å²) < 4.78 is 1.82. The minimum Gasteiger partial charge on any atom is -0.476 e. The van der Waals surface area contributed by atoms with Gasteiger partial charge in [-0.05, 0) is 0 Å². The van der Waals surface area contributed by atoms with Crippen molar-refractivity contribution >= 4 is 17.3 Å². The lowest BCUT2D eigenvalue weighted by atomic mass is 10.4. The van der Waals surface area contributed by atoms with Crippen molar-refractivity contribution < 1.29 is 9.90 Å². The maximum atomic E-state index is 10.6. The summed E-state index contributed by atoms with van der Waals surface area (Å²) >= 11 is 1.35. The van der Waals surface area contributed by atoms with E-state index < -0.39 is 5.97 Å². The smallest absolute Gasteiger partial charge is 0.355 e. The summed E-state index contributed by atoms with van der Waals surface area (Å²) in [6.45, 7) is 0.708. The largest absolute Gasteiger partial charge is 0.476 e. The van der Waals surface area contributed by atoms with Crippen LogP contribution in [-0.4, -0.2) is 30.8 Å². The number of rotatable bonds is 4. The lowest BCUT2D eigenvalue weighted by Crippen LogP contribution is -2.00. The van der Waals surface area contributed by atoms with Crippen molar-refractivity contribution in [2.45, 2.75) is 13.0 Å². The van der Waals surface area contributed by atoms with E-state index in [0.717, 1.165) is 5.01 Å². The number of thiazole rings is 1. The van der Waals surface area contributed by atoms with Crippen molar-refractivity contribution in [2.75, 3.05) is 0 Å². The number of hydrogen-bond acceptors (Lipinski definition) is 5. The Morgan fingerprint density at radius 2 is 2.20 bits per heavy atom. The molecule has 7 heteroatoms. The second kappa shape index (κ2) is 4.18. The molecule has 0 saturated carbocycles. The molecule has 0 aliphatic carbocycles. The summed E-state index contributed by atoms with van der Waals surface area (Å²) in [5.41, 5.74) is 0.110. The predicted octanol–water partition coefficient (Wildman–Crippen LogP) is 0.675. The van der Waals surface area contributed by atoms with Crippen LogP contribution < -0.4 is 0 Å². The first-order valence-electron chi connectivity index (χ1n) is 4.26. The van der Waals surface area contributed by atoms with E-state index in [-0.39, 0.29) is 5.69 Å². The predicted molar refractivity (Wildman–Crippen MR) is 52.8 cm³/mol. The highest BCUT2D eigenvalue weighted by molar-refractivity contribution is 7.09. The Morgan fingerprint density at radius 3 is 2.80 bits per heavy atom. The van der Waals surface area contributed by atoms with Gasteiger partial charge in [-0.25, -0.2) is 9.78 Å². The van der Waals surface area contributed by atoms with Gasteiger partial charge in [0.05, 0.1) is 5.01 Å². The SMILES string of the molecule is O=C(O)c1csc(CCn2cnnc2)n1. The van der Waals surface area contributed by atoms with Gasteiger partial charge in [0.15, 0.2) is 5.69 Å². The molecule has 0 bridgehead atoms.